The normalized spacial score (nSPS) is 17.2. The van der Waals surface area contributed by atoms with Crippen LogP contribution in [0.1, 0.15) is 39.1 Å². The highest BCUT2D eigenvalue weighted by atomic mass is 32.2. The summed E-state index contributed by atoms with van der Waals surface area (Å²) in [5, 5.41) is 18.7. The van der Waals surface area contributed by atoms with E-state index in [9.17, 15) is 5.26 Å². The van der Waals surface area contributed by atoms with Crippen molar-refractivity contribution in [3.63, 3.8) is 0 Å². The second-order valence-electron chi connectivity index (χ2n) is 7.15. The standard InChI is InChI=1S/C17H20N6S/c1-10-8-23-14(19)12(5-18)13(22-16(23)24-9-10)11-6-20-15(21-7-11)17(2,3)4/h6-7,10,19H,8-9H2,1-4H3/t10-/m1/s1. The number of nitriles is 1. The van der Waals surface area contributed by atoms with E-state index < -0.39 is 0 Å². The van der Waals surface area contributed by atoms with Gasteiger partial charge in [-0.25, -0.2) is 15.0 Å². The molecule has 0 aliphatic carbocycles. The average Bonchev–Trinajstić information content (AvgIpc) is 2.54. The van der Waals surface area contributed by atoms with Crippen LogP contribution in [0.5, 0.6) is 0 Å². The third-order valence-corrected chi connectivity index (χ3v) is 5.19. The average molecular weight is 340 g/mol. The smallest absolute Gasteiger partial charge is 0.170 e. The summed E-state index contributed by atoms with van der Waals surface area (Å²) < 4.78 is 1.82. The van der Waals surface area contributed by atoms with Crippen LogP contribution in [0.3, 0.4) is 0 Å². The second kappa shape index (κ2) is 6.02. The minimum atomic E-state index is -0.137. The number of nitrogens with one attached hydrogen (secondary N) is 1. The highest BCUT2D eigenvalue weighted by Crippen LogP contribution is 2.28. The van der Waals surface area contributed by atoms with Crippen LogP contribution in [0.4, 0.5) is 0 Å². The van der Waals surface area contributed by atoms with E-state index in [-0.39, 0.29) is 16.5 Å². The van der Waals surface area contributed by atoms with E-state index in [2.05, 4.69) is 48.7 Å². The van der Waals surface area contributed by atoms with Crippen molar-refractivity contribution in [3.05, 3.63) is 29.3 Å². The maximum absolute atomic E-state index is 9.54. The fourth-order valence-corrected chi connectivity index (χ4v) is 3.58. The van der Waals surface area contributed by atoms with Crippen LogP contribution in [-0.2, 0) is 12.0 Å². The number of nitrogens with zero attached hydrogens (tertiary/aromatic N) is 5. The SMILES string of the molecule is C[C@H]1CSc2nc(-c3cnc(C(C)(C)C)nc3)c(C#N)c(=N)n2C1. The number of aromatic nitrogens is 4. The third-order valence-electron chi connectivity index (χ3n) is 3.88. The van der Waals surface area contributed by atoms with Gasteiger partial charge in [-0.05, 0) is 5.92 Å². The molecule has 2 aromatic heterocycles. The second-order valence-corrected chi connectivity index (χ2v) is 8.14. The highest BCUT2D eigenvalue weighted by Gasteiger charge is 2.23. The highest BCUT2D eigenvalue weighted by molar-refractivity contribution is 7.99. The molecule has 0 fully saturated rings. The van der Waals surface area contributed by atoms with Gasteiger partial charge < -0.3 is 4.57 Å². The Labute approximate surface area is 145 Å². The molecule has 0 radical (unpaired) electrons. The van der Waals surface area contributed by atoms with E-state index in [0.29, 0.717) is 17.2 Å². The van der Waals surface area contributed by atoms with Crippen LogP contribution in [0.15, 0.2) is 17.6 Å². The molecule has 0 saturated carbocycles. The van der Waals surface area contributed by atoms with Gasteiger partial charge in [0.05, 0.1) is 5.69 Å². The van der Waals surface area contributed by atoms with Crippen molar-refractivity contribution in [1.82, 2.24) is 19.5 Å². The maximum atomic E-state index is 9.54. The quantitative estimate of drug-likeness (QED) is 0.806. The van der Waals surface area contributed by atoms with Crippen molar-refractivity contribution in [1.29, 1.82) is 10.7 Å². The molecule has 3 rings (SSSR count). The number of fused-ring (bicyclic) bond motifs is 1. The Balaban J connectivity index is 2.14. The molecule has 1 N–H and O–H groups in total. The van der Waals surface area contributed by atoms with Gasteiger partial charge in [0.1, 0.15) is 22.9 Å². The number of thioether (sulfide) groups is 1. The molecule has 124 valence electrons. The van der Waals surface area contributed by atoms with E-state index in [1.54, 1.807) is 24.2 Å². The first-order chi connectivity index (χ1) is 11.3. The van der Waals surface area contributed by atoms with E-state index in [1.165, 1.54) is 0 Å². The van der Waals surface area contributed by atoms with Crippen LogP contribution in [0.2, 0.25) is 0 Å². The molecular weight excluding hydrogens is 320 g/mol. The lowest BCUT2D eigenvalue weighted by Crippen LogP contribution is -2.32. The lowest BCUT2D eigenvalue weighted by molar-refractivity contribution is 0.452. The van der Waals surface area contributed by atoms with Crippen molar-refractivity contribution < 1.29 is 0 Å². The molecule has 7 heteroatoms. The van der Waals surface area contributed by atoms with Crippen LogP contribution in [-0.4, -0.2) is 25.3 Å². The van der Waals surface area contributed by atoms with Crippen molar-refractivity contribution in [2.24, 2.45) is 5.92 Å². The monoisotopic (exact) mass is 340 g/mol. The zero-order chi connectivity index (χ0) is 17.5. The van der Waals surface area contributed by atoms with Gasteiger partial charge in [-0.3, -0.25) is 5.41 Å². The molecule has 1 aliphatic heterocycles. The summed E-state index contributed by atoms with van der Waals surface area (Å²) in [5.41, 5.74) is 1.53. The Morgan fingerprint density at radius 2 is 2.00 bits per heavy atom. The van der Waals surface area contributed by atoms with Gasteiger partial charge in [0.15, 0.2) is 5.16 Å². The lowest BCUT2D eigenvalue weighted by Gasteiger charge is -2.24. The molecular formula is C17H20N6S. The zero-order valence-corrected chi connectivity index (χ0v) is 15.1. The predicted molar refractivity (Wildman–Crippen MR) is 92.4 cm³/mol. The molecule has 0 aromatic carbocycles. The summed E-state index contributed by atoms with van der Waals surface area (Å²) in [6.45, 7) is 9.02. The van der Waals surface area contributed by atoms with Crippen LogP contribution in [0, 0.1) is 22.7 Å². The summed E-state index contributed by atoms with van der Waals surface area (Å²) in [7, 11) is 0. The summed E-state index contributed by atoms with van der Waals surface area (Å²) in [5.74, 6) is 2.17. The number of hydrogen-bond acceptors (Lipinski definition) is 6. The van der Waals surface area contributed by atoms with Gasteiger partial charge in [-0.15, -0.1) is 0 Å². The van der Waals surface area contributed by atoms with Gasteiger partial charge in [-0.1, -0.05) is 39.5 Å². The number of rotatable bonds is 1. The third kappa shape index (κ3) is 2.94. The fraction of sp³-hybridized carbons (Fsp3) is 0.471. The Hall–Kier alpha value is -2.20. The Kier molecular flexibility index (Phi) is 4.18. The van der Waals surface area contributed by atoms with Gasteiger partial charge in [0, 0.05) is 35.7 Å². The first-order valence-electron chi connectivity index (χ1n) is 7.86. The minimum Gasteiger partial charge on any atom is -0.304 e. The largest absolute Gasteiger partial charge is 0.304 e. The van der Waals surface area contributed by atoms with Crippen molar-refractivity contribution >= 4 is 11.8 Å². The topological polar surface area (TPSA) is 91.2 Å². The number of hydrogen-bond donors (Lipinski definition) is 1. The Morgan fingerprint density at radius 1 is 1.33 bits per heavy atom. The molecule has 1 aliphatic rings. The van der Waals surface area contributed by atoms with Gasteiger partial charge in [0.2, 0.25) is 0 Å². The molecule has 0 saturated heterocycles. The molecule has 0 unspecified atom stereocenters. The molecule has 2 aromatic rings. The maximum Gasteiger partial charge on any atom is 0.170 e. The van der Waals surface area contributed by atoms with Crippen LogP contribution in [0.25, 0.3) is 11.3 Å². The molecule has 0 spiro atoms. The fourth-order valence-electron chi connectivity index (χ4n) is 2.57. The zero-order valence-electron chi connectivity index (χ0n) is 14.3. The first kappa shape index (κ1) is 16.7. The first-order valence-corrected chi connectivity index (χ1v) is 8.85. The summed E-state index contributed by atoms with van der Waals surface area (Å²) >= 11 is 1.63. The van der Waals surface area contributed by atoms with Crippen LogP contribution < -0.4 is 5.49 Å². The van der Waals surface area contributed by atoms with Gasteiger partial charge in [0.25, 0.3) is 0 Å². The van der Waals surface area contributed by atoms with E-state index >= 15 is 0 Å². The lowest BCUT2D eigenvalue weighted by atomic mass is 9.95. The molecule has 24 heavy (non-hydrogen) atoms. The van der Waals surface area contributed by atoms with Gasteiger partial charge in [-0.2, -0.15) is 5.26 Å². The van der Waals surface area contributed by atoms with Crippen molar-refractivity contribution in [2.75, 3.05) is 5.75 Å². The Bertz CT molecular complexity index is 870. The molecule has 0 bridgehead atoms. The minimum absolute atomic E-state index is 0.137. The van der Waals surface area contributed by atoms with E-state index in [0.717, 1.165) is 23.3 Å². The summed E-state index contributed by atoms with van der Waals surface area (Å²) in [6, 6.07) is 2.14. The predicted octanol–water partition coefficient (Wildman–Crippen LogP) is 2.73. The summed E-state index contributed by atoms with van der Waals surface area (Å²) in [4.78, 5) is 13.5. The summed E-state index contributed by atoms with van der Waals surface area (Å²) in [6.07, 6.45) is 3.40. The van der Waals surface area contributed by atoms with Crippen molar-refractivity contribution in [2.45, 2.75) is 44.8 Å². The molecule has 3 heterocycles. The van der Waals surface area contributed by atoms with E-state index in [4.69, 9.17) is 5.41 Å². The molecule has 1 atom stereocenters. The van der Waals surface area contributed by atoms with E-state index in [1.807, 2.05) is 4.57 Å². The molecule has 6 nitrogen and oxygen atoms in total. The van der Waals surface area contributed by atoms with Gasteiger partial charge >= 0.3 is 0 Å². The molecule has 0 amide bonds. The van der Waals surface area contributed by atoms with Crippen LogP contribution >= 0.6 is 11.8 Å². The Morgan fingerprint density at radius 3 is 2.58 bits per heavy atom. The van der Waals surface area contributed by atoms with Crippen molar-refractivity contribution in [3.8, 4) is 17.3 Å².